The molecule has 0 aliphatic rings. The van der Waals surface area contributed by atoms with Gasteiger partial charge in [-0.25, -0.2) is 0 Å². The summed E-state index contributed by atoms with van der Waals surface area (Å²) in [6.07, 6.45) is 0. The van der Waals surface area contributed by atoms with Gasteiger partial charge in [0.2, 0.25) is 0 Å². The van der Waals surface area contributed by atoms with Crippen molar-refractivity contribution in [3.8, 4) is 0 Å². The molecule has 0 rings (SSSR count). The van der Waals surface area contributed by atoms with E-state index in [1.807, 2.05) is 0 Å². The van der Waals surface area contributed by atoms with E-state index in [-0.39, 0.29) is 24.0 Å². The molecule has 7 heteroatoms. The van der Waals surface area contributed by atoms with E-state index in [9.17, 15) is 0 Å². The fraction of sp³-hybridized carbons (Fsp3) is 0.500. The van der Waals surface area contributed by atoms with Crippen molar-refractivity contribution in [1.29, 1.82) is 0 Å². The number of nitrogens with zero attached hydrogens (tertiary/aromatic N) is 1. The van der Waals surface area contributed by atoms with Gasteiger partial charge in [-0.05, 0) is 24.4 Å². The molecule has 0 aliphatic heterocycles. The van der Waals surface area contributed by atoms with Crippen LogP contribution in [0.1, 0.15) is 0 Å². The number of aliphatic hydroxyl groups is 2. The summed E-state index contributed by atoms with van der Waals surface area (Å²) >= 11 is 8.17. The first-order chi connectivity index (χ1) is 4.37. The molecule has 0 aromatic carbocycles. The number of nitrogens with two attached hydrogens (primary N) is 1. The Morgan fingerprint density at radius 3 is 1.36 bits per heavy atom. The summed E-state index contributed by atoms with van der Waals surface area (Å²) < 4.78 is 0. The van der Waals surface area contributed by atoms with Crippen LogP contribution in [-0.2, 0) is 0 Å². The van der Waals surface area contributed by atoms with Crippen molar-refractivity contribution in [3.63, 3.8) is 0 Å². The molecule has 0 radical (unpaired) electrons. The van der Waals surface area contributed by atoms with Crippen molar-refractivity contribution >= 4 is 53.6 Å². The van der Waals surface area contributed by atoms with Crippen LogP contribution in [0.4, 0.5) is 0 Å². The Kier molecular flexibility index (Phi) is 15.6. The third-order valence-electron chi connectivity index (χ3n) is 0.383. The SMILES string of the molecule is CN(C)C(O)=S.NC(O)=S.[LiH]. The average Bonchev–Trinajstić information content (AvgIpc) is 1.63. The second-order valence-electron chi connectivity index (χ2n) is 1.52. The molecule has 0 aromatic heterocycles. The number of hydrogen-bond donors (Lipinski definition) is 3. The van der Waals surface area contributed by atoms with Gasteiger partial charge in [-0.15, -0.1) is 0 Å². The summed E-state index contributed by atoms with van der Waals surface area (Å²) in [4.78, 5) is 1.45. The van der Waals surface area contributed by atoms with Gasteiger partial charge in [0.1, 0.15) is 0 Å². The third-order valence-corrected chi connectivity index (χ3v) is 0.748. The first kappa shape index (κ1) is 17.2. The predicted molar refractivity (Wildman–Crippen MR) is 55.5 cm³/mol. The van der Waals surface area contributed by atoms with Crippen LogP contribution in [0, 0.1) is 0 Å². The average molecular weight is 190 g/mol. The Labute approximate surface area is 88.5 Å². The van der Waals surface area contributed by atoms with Crippen molar-refractivity contribution in [2.24, 2.45) is 5.73 Å². The Balaban J connectivity index is -0.000000114. The zero-order chi connectivity index (χ0) is 8.73. The number of thiocarbonyl (C=S) groups is 2. The second kappa shape index (κ2) is 9.98. The van der Waals surface area contributed by atoms with Gasteiger partial charge in [-0.3, -0.25) is 0 Å². The summed E-state index contributed by atoms with van der Waals surface area (Å²) in [6, 6.07) is 0. The minimum atomic E-state index is -0.500. The maximum atomic E-state index is 8.29. The molecular weight excluding hydrogens is 179 g/mol. The van der Waals surface area contributed by atoms with E-state index >= 15 is 0 Å². The monoisotopic (exact) mass is 190 g/mol. The Bertz CT molecular complexity index is 127. The standard InChI is InChI=1S/C3H7NOS.CH3NOS.Li.H/c1-4(2)3(5)6;2-1(3)4;;/h1-2H3,(H,5,6);(H3,2,3,4);;. The van der Waals surface area contributed by atoms with Crippen LogP contribution >= 0.6 is 24.4 Å². The van der Waals surface area contributed by atoms with E-state index in [1.54, 1.807) is 14.1 Å². The van der Waals surface area contributed by atoms with Gasteiger partial charge in [-0.1, -0.05) is 0 Å². The van der Waals surface area contributed by atoms with E-state index in [2.05, 4.69) is 30.2 Å². The van der Waals surface area contributed by atoms with Gasteiger partial charge >= 0.3 is 18.9 Å². The van der Waals surface area contributed by atoms with Gasteiger partial charge < -0.3 is 20.8 Å². The molecule has 4 N–H and O–H groups in total. The summed E-state index contributed by atoms with van der Waals surface area (Å²) in [6.45, 7) is 0. The number of aliphatic hydroxyl groups excluding tert-OH is 2. The van der Waals surface area contributed by atoms with Crippen LogP contribution in [0.2, 0.25) is 0 Å². The third kappa shape index (κ3) is 40.1. The molecule has 0 atom stereocenters. The quantitative estimate of drug-likeness (QED) is 0.354. The molecule has 0 aromatic rings. The first-order valence-corrected chi connectivity index (χ1v) is 3.08. The van der Waals surface area contributed by atoms with Crippen LogP contribution in [0.15, 0.2) is 0 Å². The van der Waals surface area contributed by atoms with Crippen LogP contribution in [0.5, 0.6) is 0 Å². The van der Waals surface area contributed by atoms with E-state index in [0.29, 0.717) is 0 Å². The van der Waals surface area contributed by atoms with Crippen molar-refractivity contribution in [2.45, 2.75) is 0 Å². The molecule has 11 heavy (non-hydrogen) atoms. The summed E-state index contributed by atoms with van der Waals surface area (Å²) in [7, 11) is 3.37. The fourth-order valence-electron chi connectivity index (χ4n) is 0. The van der Waals surface area contributed by atoms with Crippen molar-refractivity contribution in [2.75, 3.05) is 14.1 Å². The van der Waals surface area contributed by atoms with Gasteiger partial charge in [-0.2, -0.15) is 0 Å². The van der Waals surface area contributed by atoms with Crippen molar-refractivity contribution in [3.05, 3.63) is 0 Å². The zero-order valence-electron chi connectivity index (χ0n) is 5.74. The molecule has 0 heterocycles. The zero-order valence-corrected chi connectivity index (χ0v) is 7.37. The molecule has 0 fully saturated rings. The topological polar surface area (TPSA) is 69.7 Å². The van der Waals surface area contributed by atoms with Crippen molar-refractivity contribution < 1.29 is 10.2 Å². The summed E-state index contributed by atoms with van der Waals surface area (Å²) in [5.74, 6) is 0. The van der Waals surface area contributed by atoms with Crippen LogP contribution in [-0.4, -0.2) is 58.4 Å². The molecule has 0 unspecified atom stereocenters. The van der Waals surface area contributed by atoms with Gasteiger partial charge in [0.05, 0.1) is 0 Å². The molecule has 0 saturated carbocycles. The number of hydrogen-bond acceptors (Lipinski definition) is 2. The van der Waals surface area contributed by atoms with Crippen LogP contribution in [0.25, 0.3) is 0 Å². The molecule has 0 spiro atoms. The van der Waals surface area contributed by atoms with E-state index in [1.165, 1.54) is 4.90 Å². The molecule has 0 bridgehead atoms. The Morgan fingerprint density at radius 2 is 1.36 bits per heavy atom. The molecular formula is C4H11LiN2O2S2. The van der Waals surface area contributed by atoms with E-state index in [0.717, 1.165) is 0 Å². The second-order valence-corrected chi connectivity index (χ2v) is 2.30. The minimum absolute atomic E-state index is 0. The summed E-state index contributed by atoms with van der Waals surface area (Å²) in [5, 5.41) is 15.3. The van der Waals surface area contributed by atoms with Crippen LogP contribution < -0.4 is 5.73 Å². The molecule has 0 saturated heterocycles. The van der Waals surface area contributed by atoms with Gasteiger partial charge in [0, 0.05) is 14.1 Å². The van der Waals surface area contributed by atoms with E-state index < -0.39 is 5.17 Å². The van der Waals surface area contributed by atoms with Crippen LogP contribution in [0.3, 0.4) is 0 Å². The molecule has 62 valence electrons. The van der Waals surface area contributed by atoms with Crippen molar-refractivity contribution in [1.82, 2.24) is 4.90 Å². The number of rotatable bonds is 0. The maximum absolute atomic E-state index is 8.29. The molecule has 0 aliphatic carbocycles. The van der Waals surface area contributed by atoms with Gasteiger partial charge in [0.25, 0.3) is 10.3 Å². The Morgan fingerprint density at radius 1 is 1.27 bits per heavy atom. The Hall–Kier alpha value is -0.0226. The normalized spacial score (nSPS) is 6.36. The van der Waals surface area contributed by atoms with E-state index in [4.69, 9.17) is 10.2 Å². The van der Waals surface area contributed by atoms with Gasteiger partial charge in [0.15, 0.2) is 0 Å². The predicted octanol–water partition coefficient (Wildman–Crippen LogP) is -0.470. The first-order valence-electron chi connectivity index (χ1n) is 2.26. The summed E-state index contributed by atoms with van der Waals surface area (Å²) in [5.41, 5.74) is 4.40. The fourth-order valence-corrected chi connectivity index (χ4v) is 0. The molecule has 0 amide bonds. The molecule has 4 nitrogen and oxygen atoms in total.